The van der Waals surface area contributed by atoms with Crippen LogP contribution >= 0.6 is 0 Å². The monoisotopic (exact) mass is 414 g/mol. The van der Waals surface area contributed by atoms with Gasteiger partial charge >= 0.3 is 0 Å². The maximum atomic E-state index is 12.5. The Hall–Kier alpha value is -2.95. The van der Waals surface area contributed by atoms with Crippen molar-refractivity contribution >= 4 is 23.4 Å². The van der Waals surface area contributed by atoms with Gasteiger partial charge in [0.05, 0.1) is 5.71 Å². The predicted molar refractivity (Wildman–Crippen MR) is 125 cm³/mol. The number of anilines is 1. The van der Waals surface area contributed by atoms with E-state index < -0.39 is 0 Å². The van der Waals surface area contributed by atoms with Crippen molar-refractivity contribution in [3.63, 3.8) is 0 Å². The first-order valence-corrected chi connectivity index (χ1v) is 11.6. The molecule has 2 aromatic rings. The van der Waals surface area contributed by atoms with E-state index in [0.29, 0.717) is 11.8 Å². The standard InChI is InChI=1S/C26H30N4O/c31-26(21-9-10-21)30-14-4-13-29(15-16-30)24-8-1-5-20(18-24)17-22-6-3-12-28-25(22)23-7-2-11-27-19-23/h1-2,5,7-8,11,17-19,21H,3-4,6,9-10,12-16H2/b22-17+. The Bertz CT molecular complexity index is 993. The van der Waals surface area contributed by atoms with Crippen molar-refractivity contribution in [3.05, 3.63) is 65.5 Å². The number of hydrogen-bond donors (Lipinski definition) is 0. The lowest BCUT2D eigenvalue weighted by Crippen LogP contribution is -2.36. The molecular formula is C26H30N4O. The van der Waals surface area contributed by atoms with Crippen molar-refractivity contribution in [2.45, 2.75) is 32.1 Å². The molecule has 31 heavy (non-hydrogen) atoms. The van der Waals surface area contributed by atoms with Crippen LogP contribution in [0, 0.1) is 5.92 Å². The zero-order valence-corrected chi connectivity index (χ0v) is 18.0. The fraction of sp³-hybridized carbons (Fsp3) is 0.423. The summed E-state index contributed by atoms with van der Waals surface area (Å²) in [6, 6.07) is 12.9. The first-order valence-electron chi connectivity index (χ1n) is 11.6. The molecular weight excluding hydrogens is 384 g/mol. The highest BCUT2D eigenvalue weighted by Gasteiger charge is 2.33. The van der Waals surface area contributed by atoms with Crippen molar-refractivity contribution in [2.75, 3.05) is 37.6 Å². The van der Waals surface area contributed by atoms with Gasteiger partial charge in [-0.15, -0.1) is 0 Å². The van der Waals surface area contributed by atoms with E-state index in [9.17, 15) is 4.79 Å². The van der Waals surface area contributed by atoms with Crippen LogP contribution in [0.2, 0.25) is 0 Å². The number of allylic oxidation sites excluding steroid dienone is 1. The molecule has 0 radical (unpaired) electrons. The predicted octanol–water partition coefficient (Wildman–Crippen LogP) is 4.20. The van der Waals surface area contributed by atoms with Crippen LogP contribution in [0.15, 0.2) is 59.4 Å². The lowest BCUT2D eigenvalue weighted by Gasteiger charge is -2.24. The minimum atomic E-state index is 0.313. The summed E-state index contributed by atoms with van der Waals surface area (Å²) in [4.78, 5) is 26.1. The van der Waals surface area contributed by atoms with Gasteiger partial charge in [0.15, 0.2) is 0 Å². The van der Waals surface area contributed by atoms with E-state index in [-0.39, 0.29) is 0 Å². The number of benzene rings is 1. The van der Waals surface area contributed by atoms with Gasteiger partial charge in [0.25, 0.3) is 0 Å². The van der Waals surface area contributed by atoms with Gasteiger partial charge in [-0.1, -0.05) is 12.1 Å². The van der Waals surface area contributed by atoms with Gasteiger partial charge in [-0.05, 0) is 73.6 Å². The summed E-state index contributed by atoms with van der Waals surface area (Å²) in [5, 5.41) is 0. The third kappa shape index (κ3) is 4.71. The van der Waals surface area contributed by atoms with E-state index in [2.05, 4.69) is 51.2 Å². The van der Waals surface area contributed by atoms with Crippen LogP contribution in [0.5, 0.6) is 0 Å². The second-order valence-electron chi connectivity index (χ2n) is 8.78. The number of aliphatic imine (C=N–C) groups is 1. The normalized spacial score (nSPS) is 21.0. The molecule has 1 aromatic carbocycles. The molecule has 5 rings (SSSR count). The maximum absolute atomic E-state index is 12.5. The fourth-order valence-corrected chi connectivity index (χ4v) is 4.60. The largest absolute Gasteiger partial charge is 0.370 e. The van der Waals surface area contributed by atoms with E-state index in [1.807, 2.05) is 12.3 Å². The summed E-state index contributed by atoms with van der Waals surface area (Å²) in [6.45, 7) is 4.50. The summed E-state index contributed by atoms with van der Waals surface area (Å²) in [7, 11) is 0. The summed E-state index contributed by atoms with van der Waals surface area (Å²) < 4.78 is 0. The van der Waals surface area contributed by atoms with Crippen molar-refractivity contribution in [2.24, 2.45) is 10.9 Å². The van der Waals surface area contributed by atoms with Gasteiger partial charge in [-0.25, -0.2) is 0 Å². The molecule has 5 nitrogen and oxygen atoms in total. The van der Waals surface area contributed by atoms with Crippen molar-refractivity contribution in [3.8, 4) is 0 Å². The van der Waals surface area contributed by atoms with Gasteiger partial charge < -0.3 is 9.80 Å². The third-order valence-corrected chi connectivity index (χ3v) is 6.42. The van der Waals surface area contributed by atoms with Gasteiger partial charge in [-0.2, -0.15) is 0 Å². The Balaban J connectivity index is 1.33. The topological polar surface area (TPSA) is 48.8 Å². The summed E-state index contributed by atoms with van der Waals surface area (Å²) >= 11 is 0. The highest BCUT2D eigenvalue weighted by molar-refractivity contribution is 6.15. The molecule has 1 amide bonds. The number of aromatic nitrogens is 1. The molecule has 1 saturated carbocycles. The SMILES string of the molecule is O=C(C1CC1)N1CCCN(c2cccc(/C=C3\CCCN=C3c3cccnc3)c2)CC1. The first kappa shape index (κ1) is 20.0. The molecule has 0 bridgehead atoms. The highest BCUT2D eigenvalue weighted by Crippen LogP contribution is 2.31. The smallest absolute Gasteiger partial charge is 0.225 e. The number of carbonyl (C=O) groups excluding carboxylic acids is 1. The molecule has 0 N–H and O–H groups in total. The van der Waals surface area contributed by atoms with Crippen LogP contribution in [-0.2, 0) is 4.79 Å². The van der Waals surface area contributed by atoms with Crippen molar-refractivity contribution in [1.29, 1.82) is 0 Å². The minimum absolute atomic E-state index is 0.313. The Labute approximate surface area is 184 Å². The van der Waals surface area contributed by atoms with E-state index in [0.717, 1.165) is 76.1 Å². The summed E-state index contributed by atoms with van der Waals surface area (Å²) in [5.41, 5.74) is 5.91. The molecule has 1 aromatic heterocycles. The quantitative estimate of drug-likeness (QED) is 0.754. The maximum Gasteiger partial charge on any atom is 0.225 e. The van der Waals surface area contributed by atoms with Crippen LogP contribution in [0.25, 0.3) is 6.08 Å². The lowest BCUT2D eigenvalue weighted by atomic mass is 9.95. The number of hydrogen-bond acceptors (Lipinski definition) is 4. The zero-order chi connectivity index (χ0) is 21.0. The molecule has 3 heterocycles. The molecule has 0 atom stereocenters. The van der Waals surface area contributed by atoms with Crippen LogP contribution in [0.1, 0.15) is 43.2 Å². The average Bonchev–Trinajstić information content (AvgIpc) is 3.67. The molecule has 2 aliphatic heterocycles. The Morgan fingerprint density at radius 2 is 1.97 bits per heavy atom. The Morgan fingerprint density at radius 3 is 2.81 bits per heavy atom. The Kier molecular flexibility index (Phi) is 5.83. The van der Waals surface area contributed by atoms with Gasteiger partial charge in [0.2, 0.25) is 5.91 Å². The van der Waals surface area contributed by atoms with Gasteiger partial charge in [0.1, 0.15) is 0 Å². The van der Waals surface area contributed by atoms with Crippen LogP contribution in [-0.4, -0.2) is 54.2 Å². The highest BCUT2D eigenvalue weighted by atomic mass is 16.2. The molecule has 160 valence electrons. The number of rotatable bonds is 4. The first-order chi connectivity index (χ1) is 15.3. The van der Waals surface area contributed by atoms with Gasteiger partial charge in [-0.3, -0.25) is 14.8 Å². The molecule has 0 spiro atoms. The minimum Gasteiger partial charge on any atom is -0.370 e. The summed E-state index contributed by atoms with van der Waals surface area (Å²) in [6.07, 6.45) is 11.3. The molecule has 2 fully saturated rings. The molecule has 1 saturated heterocycles. The van der Waals surface area contributed by atoms with Crippen molar-refractivity contribution < 1.29 is 4.79 Å². The number of carbonyl (C=O) groups is 1. The molecule has 1 aliphatic carbocycles. The molecule has 0 unspecified atom stereocenters. The lowest BCUT2D eigenvalue weighted by molar-refractivity contribution is -0.132. The van der Waals surface area contributed by atoms with Crippen molar-refractivity contribution in [1.82, 2.24) is 9.88 Å². The van der Waals surface area contributed by atoms with E-state index in [4.69, 9.17) is 4.99 Å². The number of pyridine rings is 1. The second kappa shape index (κ2) is 9.04. The van der Waals surface area contributed by atoms with E-state index in [1.165, 1.54) is 16.8 Å². The van der Waals surface area contributed by atoms with Crippen LogP contribution < -0.4 is 4.90 Å². The summed E-state index contributed by atoms with van der Waals surface area (Å²) in [5.74, 6) is 0.688. The number of nitrogens with zero attached hydrogens (tertiary/aromatic N) is 4. The third-order valence-electron chi connectivity index (χ3n) is 6.42. The number of amides is 1. The molecule has 3 aliphatic rings. The zero-order valence-electron chi connectivity index (χ0n) is 18.0. The second-order valence-corrected chi connectivity index (χ2v) is 8.78. The molecule has 5 heteroatoms. The Morgan fingerprint density at radius 1 is 1.03 bits per heavy atom. The van der Waals surface area contributed by atoms with E-state index >= 15 is 0 Å². The van der Waals surface area contributed by atoms with E-state index in [1.54, 1.807) is 6.20 Å². The average molecular weight is 415 g/mol. The van der Waals surface area contributed by atoms with Crippen LogP contribution in [0.4, 0.5) is 5.69 Å². The fourth-order valence-electron chi connectivity index (χ4n) is 4.60. The van der Waals surface area contributed by atoms with Crippen LogP contribution in [0.3, 0.4) is 0 Å². The van der Waals surface area contributed by atoms with Gasteiger partial charge in [0, 0.05) is 62.3 Å².